The van der Waals surface area contributed by atoms with Crippen molar-refractivity contribution in [3.63, 3.8) is 0 Å². The predicted molar refractivity (Wildman–Crippen MR) is 52.7 cm³/mol. The average molecular weight is 187 g/mol. The zero-order chi connectivity index (χ0) is 8.39. The van der Waals surface area contributed by atoms with Gasteiger partial charge in [-0.2, -0.15) is 11.8 Å². The molecular weight excluding hydrogens is 170 g/mol. The maximum Gasteiger partial charge on any atom is 0.0622 e. The van der Waals surface area contributed by atoms with Gasteiger partial charge in [-0.25, -0.2) is 0 Å². The summed E-state index contributed by atoms with van der Waals surface area (Å²) in [6.07, 6.45) is 4.85. The first-order chi connectivity index (χ1) is 5.90. The maximum absolute atomic E-state index is 5.39. The van der Waals surface area contributed by atoms with Gasteiger partial charge >= 0.3 is 0 Å². The first-order valence-electron chi connectivity index (χ1n) is 4.74. The molecule has 0 aromatic rings. The molecule has 2 aliphatic heterocycles. The van der Waals surface area contributed by atoms with Crippen molar-refractivity contribution in [2.45, 2.75) is 24.1 Å². The molecule has 2 heterocycles. The van der Waals surface area contributed by atoms with E-state index in [-0.39, 0.29) is 0 Å². The fourth-order valence-corrected chi connectivity index (χ4v) is 2.77. The molecule has 0 amide bonds. The Hall–Kier alpha value is 0.270. The molecule has 0 N–H and O–H groups in total. The van der Waals surface area contributed by atoms with Crippen LogP contribution in [-0.4, -0.2) is 48.8 Å². The standard InChI is InChI=1S/C9H17NOS/c1-12-9-2-4-10(6-9)8-3-5-11-7-8/h8-9H,2-7H2,1H3/t8-,9+/m1/s1. The Morgan fingerprint density at radius 2 is 2.33 bits per heavy atom. The fourth-order valence-electron chi connectivity index (χ4n) is 2.09. The van der Waals surface area contributed by atoms with Crippen LogP contribution in [0, 0.1) is 0 Å². The van der Waals surface area contributed by atoms with E-state index in [0.29, 0.717) is 0 Å². The molecule has 2 saturated heterocycles. The fraction of sp³-hybridized carbons (Fsp3) is 1.00. The van der Waals surface area contributed by atoms with Gasteiger partial charge in [0.05, 0.1) is 6.61 Å². The Morgan fingerprint density at radius 3 is 2.92 bits per heavy atom. The van der Waals surface area contributed by atoms with Gasteiger partial charge in [0, 0.05) is 24.4 Å². The van der Waals surface area contributed by atoms with Crippen LogP contribution in [0.3, 0.4) is 0 Å². The molecule has 0 unspecified atom stereocenters. The number of rotatable bonds is 2. The Bertz CT molecular complexity index is 147. The number of thioether (sulfide) groups is 1. The van der Waals surface area contributed by atoms with Crippen LogP contribution in [0.1, 0.15) is 12.8 Å². The molecule has 2 nitrogen and oxygen atoms in total. The summed E-state index contributed by atoms with van der Waals surface area (Å²) in [4.78, 5) is 2.61. The van der Waals surface area contributed by atoms with Crippen molar-refractivity contribution in [1.29, 1.82) is 0 Å². The third-order valence-electron chi connectivity index (χ3n) is 2.93. The van der Waals surface area contributed by atoms with Gasteiger partial charge in [-0.1, -0.05) is 0 Å². The zero-order valence-corrected chi connectivity index (χ0v) is 8.48. The smallest absolute Gasteiger partial charge is 0.0622 e. The van der Waals surface area contributed by atoms with E-state index in [1.807, 2.05) is 11.8 Å². The van der Waals surface area contributed by atoms with Crippen LogP contribution in [0.4, 0.5) is 0 Å². The molecule has 0 aliphatic carbocycles. The minimum atomic E-state index is 0.738. The lowest BCUT2D eigenvalue weighted by Gasteiger charge is -2.21. The second-order valence-corrected chi connectivity index (χ2v) is 4.80. The second kappa shape index (κ2) is 3.99. The number of ether oxygens (including phenoxy) is 1. The summed E-state index contributed by atoms with van der Waals surface area (Å²) in [7, 11) is 0. The molecule has 0 spiro atoms. The molecule has 12 heavy (non-hydrogen) atoms. The van der Waals surface area contributed by atoms with Gasteiger partial charge in [-0.15, -0.1) is 0 Å². The summed E-state index contributed by atoms with van der Waals surface area (Å²) < 4.78 is 5.39. The van der Waals surface area contributed by atoms with Gasteiger partial charge in [0.15, 0.2) is 0 Å². The minimum absolute atomic E-state index is 0.738. The Balaban J connectivity index is 1.81. The minimum Gasteiger partial charge on any atom is -0.380 e. The number of likely N-dealkylation sites (tertiary alicyclic amines) is 1. The van der Waals surface area contributed by atoms with Crippen LogP contribution in [0.2, 0.25) is 0 Å². The van der Waals surface area contributed by atoms with Gasteiger partial charge in [0.25, 0.3) is 0 Å². The Kier molecular flexibility index (Phi) is 2.94. The third-order valence-corrected chi connectivity index (χ3v) is 3.98. The highest BCUT2D eigenvalue weighted by atomic mass is 32.2. The van der Waals surface area contributed by atoms with Crippen molar-refractivity contribution in [1.82, 2.24) is 4.90 Å². The third kappa shape index (κ3) is 1.78. The van der Waals surface area contributed by atoms with Crippen LogP contribution in [0.25, 0.3) is 0 Å². The number of nitrogens with zero attached hydrogens (tertiary/aromatic N) is 1. The van der Waals surface area contributed by atoms with Gasteiger partial charge in [-0.3, -0.25) is 4.90 Å². The van der Waals surface area contributed by atoms with Crippen molar-refractivity contribution < 1.29 is 4.74 Å². The number of hydrogen-bond acceptors (Lipinski definition) is 3. The lowest BCUT2D eigenvalue weighted by Crippen LogP contribution is -2.33. The van der Waals surface area contributed by atoms with E-state index >= 15 is 0 Å². The summed E-state index contributed by atoms with van der Waals surface area (Å²) >= 11 is 2.01. The lowest BCUT2D eigenvalue weighted by atomic mass is 10.2. The molecule has 70 valence electrons. The van der Waals surface area contributed by atoms with Crippen molar-refractivity contribution in [2.75, 3.05) is 32.6 Å². The molecule has 2 aliphatic rings. The molecule has 2 atom stereocenters. The summed E-state index contributed by atoms with van der Waals surface area (Å²) in [5, 5.41) is 0.880. The highest BCUT2D eigenvalue weighted by Gasteiger charge is 2.29. The maximum atomic E-state index is 5.39. The molecule has 0 aromatic carbocycles. The molecule has 0 radical (unpaired) electrons. The van der Waals surface area contributed by atoms with E-state index in [1.54, 1.807) is 0 Å². The second-order valence-electron chi connectivity index (χ2n) is 3.66. The van der Waals surface area contributed by atoms with Gasteiger partial charge in [0.1, 0.15) is 0 Å². The Labute approximate surface area is 78.6 Å². The van der Waals surface area contributed by atoms with Crippen LogP contribution < -0.4 is 0 Å². The van der Waals surface area contributed by atoms with E-state index < -0.39 is 0 Å². The van der Waals surface area contributed by atoms with Crippen LogP contribution in [0.5, 0.6) is 0 Å². The van der Waals surface area contributed by atoms with E-state index in [4.69, 9.17) is 4.74 Å². The summed E-state index contributed by atoms with van der Waals surface area (Å²) in [6, 6.07) is 0.738. The number of hydrogen-bond donors (Lipinski definition) is 0. The molecule has 0 saturated carbocycles. The van der Waals surface area contributed by atoms with Crippen molar-refractivity contribution in [2.24, 2.45) is 0 Å². The van der Waals surface area contributed by atoms with Crippen LogP contribution in [-0.2, 0) is 4.74 Å². The van der Waals surface area contributed by atoms with Crippen molar-refractivity contribution in [3.05, 3.63) is 0 Å². The van der Waals surface area contributed by atoms with E-state index in [2.05, 4.69) is 11.2 Å². The van der Waals surface area contributed by atoms with Crippen LogP contribution in [0.15, 0.2) is 0 Å². The first-order valence-corrected chi connectivity index (χ1v) is 6.03. The van der Waals surface area contributed by atoms with E-state index in [0.717, 1.165) is 24.5 Å². The van der Waals surface area contributed by atoms with Crippen molar-refractivity contribution in [3.8, 4) is 0 Å². The van der Waals surface area contributed by atoms with Gasteiger partial charge < -0.3 is 4.74 Å². The molecule has 3 heteroatoms. The molecule has 0 aromatic heterocycles. The summed E-state index contributed by atoms with van der Waals surface area (Å²) in [5.74, 6) is 0. The van der Waals surface area contributed by atoms with Crippen LogP contribution >= 0.6 is 11.8 Å². The van der Waals surface area contributed by atoms with E-state index in [1.165, 1.54) is 25.9 Å². The largest absolute Gasteiger partial charge is 0.380 e. The monoisotopic (exact) mass is 187 g/mol. The summed E-state index contributed by atoms with van der Waals surface area (Å²) in [5.41, 5.74) is 0. The predicted octanol–water partition coefficient (Wildman–Crippen LogP) is 1.21. The highest BCUT2D eigenvalue weighted by Crippen LogP contribution is 2.24. The van der Waals surface area contributed by atoms with Gasteiger partial charge in [0.2, 0.25) is 0 Å². The van der Waals surface area contributed by atoms with Crippen molar-refractivity contribution >= 4 is 11.8 Å². The normalized spacial score (nSPS) is 37.8. The topological polar surface area (TPSA) is 12.5 Å². The van der Waals surface area contributed by atoms with Gasteiger partial charge in [-0.05, 0) is 25.6 Å². The average Bonchev–Trinajstić information content (AvgIpc) is 2.75. The molecule has 2 rings (SSSR count). The lowest BCUT2D eigenvalue weighted by molar-refractivity contribution is 0.159. The first kappa shape index (κ1) is 8.85. The zero-order valence-electron chi connectivity index (χ0n) is 7.66. The Morgan fingerprint density at radius 1 is 1.42 bits per heavy atom. The van der Waals surface area contributed by atoms with E-state index in [9.17, 15) is 0 Å². The summed E-state index contributed by atoms with van der Waals surface area (Å²) in [6.45, 7) is 4.53. The highest BCUT2D eigenvalue weighted by molar-refractivity contribution is 7.99. The quantitative estimate of drug-likeness (QED) is 0.645. The molecule has 2 fully saturated rings. The molecular formula is C9H17NOS. The molecule has 0 bridgehead atoms. The SMILES string of the molecule is CS[C@H]1CCN([C@@H]2CCOC2)C1.